The molecule has 0 aliphatic carbocycles. The number of esters is 1. The number of fused-ring (bicyclic) bond motifs is 4. The largest absolute Gasteiger partial charge is 1.00 e. The van der Waals surface area contributed by atoms with Crippen molar-refractivity contribution in [3.05, 3.63) is 259 Å². The average molecular weight is 1470 g/mol. The third kappa shape index (κ3) is 19.8. The second kappa shape index (κ2) is 36.9. The molecule has 7 N–H and O–H groups in total. The molecular formula is C77H66ClLiN8O12S4. The van der Waals surface area contributed by atoms with Crippen molar-refractivity contribution in [2.45, 2.75) is 65.3 Å². The number of aliphatic carboxylic acids is 1. The minimum absolute atomic E-state index is 0. The quantitative estimate of drug-likeness (QED) is 0.0288. The molecule has 3 amide bonds. The van der Waals surface area contributed by atoms with Gasteiger partial charge in [0.2, 0.25) is 0 Å². The van der Waals surface area contributed by atoms with Crippen LogP contribution in [0.15, 0.2) is 207 Å². The molecule has 0 saturated carbocycles. The minimum Gasteiger partial charge on any atom is -0.544 e. The van der Waals surface area contributed by atoms with E-state index in [1.54, 1.807) is 42.9 Å². The predicted octanol–water partition coefficient (Wildman–Crippen LogP) is 11.5. The summed E-state index contributed by atoms with van der Waals surface area (Å²) in [6.07, 6.45) is 8.68. The van der Waals surface area contributed by atoms with Crippen molar-refractivity contribution in [1.29, 1.82) is 0 Å². The molecule has 103 heavy (non-hydrogen) atoms. The fraction of sp³-hybridized carbons (Fsp3) is 0.156. The van der Waals surface area contributed by atoms with E-state index in [4.69, 9.17) is 37.0 Å². The number of carbonyl (C=O) groups excluding carboxylic acids is 5. The van der Waals surface area contributed by atoms with Gasteiger partial charge in [-0.3, -0.25) is 34.3 Å². The summed E-state index contributed by atoms with van der Waals surface area (Å²) in [5, 5.41) is 36.8. The zero-order chi connectivity index (χ0) is 72.2. The number of carbonyl (C=O) groups is 7. The summed E-state index contributed by atoms with van der Waals surface area (Å²) in [7, 11) is 0. The van der Waals surface area contributed by atoms with E-state index >= 15 is 0 Å². The molecule has 0 aliphatic rings. The SMILES string of the molecule is CCc1ccccc1-c1ccnc2cc(C(=O)NC[C@@H](N)C(=O)O)sc12.CCc1ccccc1-c1ccnc2cc(C(=O)NC[C@@H](NC(=O)OCc3ccccc3)C(=O)OCc3ccccc3)sc12.CCc1ccccc1-c1ccnc2cc(C(=O)O)sc12.O=C([O-])c1cc2nccc(Cl)c2s1.[Li+]. The number of hydrogen-bond acceptors (Lipinski definition) is 19. The molecule has 0 unspecified atom stereocenters. The molecule has 5 aromatic carbocycles. The Balaban J connectivity index is 0.000000174. The number of benzene rings is 5. The molecule has 8 heterocycles. The second-order valence-electron chi connectivity index (χ2n) is 22.5. The molecule has 2 atom stereocenters. The zero-order valence-corrected chi connectivity index (χ0v) is 60.1. The van der Waals surface area contributed by atoms with Crippen molar-refractivity contribution in [2.75, 3.05) is 13.1 Å². The smallest absolute Gasteiger partial charge is 0.544 e. The molecule has 0 radical (unpaired) electrons. The van der Waals surface area contributed by atoms with Crippen molar-refractivity contribution in [1.82, 2.24) is 35.9 Å². The van der Waals surface area contributed by atoms with Crippen molar-refractivity contribution in [2.24, 2.45) is 5.73 Å². The van der Waals surface area contributed by atoms with Crippen LogP contribution < -0.4 is 45.7 Å². The monoisotopic (exact) mass is 1460 g/mol. The number of alkyl carbamates (subject to hydrolysis) is 1. The number of carboxylic acid groups (broad SMARTS) is 3. The maximum Gasteiger partial charge on any atom is 1.00 e. The maximum atomic E-state index is 13.3. The van der Waals surface area contributed by atoms with Gasteiger partial charge in [-0.1, -0.05) is 166 Å². The Morgan fingerprint density at radius 3 is 1.26 bits per heavy atom. The number of carboxylic acids is 3. The second-order valence-corrected chi connectivity index (χ2v) is 27.1. The van der Waals surface area contributed by atoms with Gasteiger partial charge in [0.05, 0.1) is 66.5 Å². The molecule has 20 nitrogen and oxygen atoms in total. The summed E-state index contributed by atoms with van der Waals surface area (Å²) in [5.41, 5.74) is 20.0. The minimum atomic E-state index is -1.20. The fourth-order valence-corrected chi connectivity index (χ4v) is 14.9. The number of halogens is 1. The van der Waals surface area contributed by atoms with Crippen LogP contribution in [0.5, 0.6) is 0 Å². The Labute approximate surface area is 624 Å². The van der Waals surface area contributed by atoms with Crippen molar-refractivity contribution < 1.29 is 77.2 Å². The van der Waals surface area contributed by atoms with E-state index in [-0.39, 0.29) is 55.9 Å². The van der Waals surface area contributed by atoms with Crippen LogP contribution in [0.2, 0.25) is 5.02 Å². The maximum absolute atomic E-state index is 13.3. The molecule has 13 aromatic rings. The number of hydrogen-bond donors (Lipinski definition) is 6. The van der Waals surface area contributed by atoms with E-state index in [1.807, 2.05) is 115 Å². The summed E-state index contributed by atoms with van der Waals surface area (Å²) in [4.78, 5) is 102. The van der Waals surface area contributed by atoms with Crippen LogP contribution in [0.25, 0.3) is 74.2 Å². The molecule has 26 heteroatoms. The van der Waals surface area contributed by atoms with Crippen LogP contribution in [0.3, 0.4) is 0 Å². The summed E-state index contributed by atoms with van der Waals surface area (Å²) in [5.74, 6) is -4.68. The van der Waals surface area contributed by atoms with Gasteiger partial charge in [0.25, 0.3) is 11.8 Å². The first kappa shape index (κ1) is 76.7. The van der Waals surface area contributed by atoms with Crippen molar-refractivity contribution >= 4 is 140 Å². The molecular weight excluding hydrogens is 1400 g/mol. The number of thiophene rings is 4. The average Bonchev–Trinajstić information content (AvgIpc) is 1.65. The standard InChI is InChI=1S/C34H31N3O5S.C19H19N3O3S.C16H13NO2S.C8H4ClNO2S.Li/c1-2-25-15-9-10-16-26(25)27-17-18-35-28-19-30(43-31(27)28)32(38)36-20-29(33(39)41-21-23-11-5-3-6-12-23)37-34(40)42-22-24-13-7-4-8-14-24;1-2-11-5-3-4-6-12(11)13-7-8-21-15-9-16(26-17(13)15)18(23)22-10-14(20)19(24)25;1-2-10-5-3-4-6-11(10)12-7-8-17-13-9-14(16(18)19)20-15(12)13;9-4-1-2-10-5-3-6(8(11)12)13-7(4)5;/h3-19,29H,2,20-22H2,1H3,(H,36,38)(H,37,40);3-9,14H,2,10,20H2,1H3,(H,22,23)(H,24,25);3-9H,2H2,1H3,(H,18,19);1-3H,(H,11,12);/q;;;;+1/p-1/t29-;14-;;;/m11.../s1. The van der Waals surface area contributed by atoms with E-state index in [0.29, 0.717) is 35.4 Å². The molecule has 0 fully saturated rings. The Hall–Kier alpha value is -10.5. The summed E-state index contributed by atoms with van der Waals surface area (Å²) < 4.78 is 14.2. The Morgan fingerprint density at radius 1 is 0.476 bits per heavy atom. The molecule has 0 bridgehead atoms. The molecule has 13 rings (SSSR count). The van der Waals surface area contributed by atoms with Crippen LogP contribution in [0, 0.1) is 0 Å². The van der Waals surface area contributed by atoms with E-state index < -0.39 is 48.0 Å². The number of nitrogens with one attached hydrogen (secondary N) is 3. The van der Waals surface area contributed by atoms with Crippen LogP contribution in [0.4, 0.5) is 4.79 Å². The van der Waals surface area contributed by atoms with Crippen molar-refractivity contribution in [3.8, 4) is 33.4 Å². The first-order chi connectivity index (χ1) is 49.4. The summed E-state index contributed by atoms with van der Waals surface area (Å²) in [6, 6.07) is 54.7. The third-order valence-corrected chi connectivity index (χ3v) is 20.8. The number of amides is 3. The molecule has 0 aliphatic heterocycles. The van der Waals surface area contributed by atoms with E-state index in [0.717, 1.165) is 100 Å². The molecule has 0 saturated heterocycles. The van der Waals surface area contributed by atoms with E-state index in [9.17, 15) is 38.7 Å². The van der Waals surface area contributed by atoms with Crippen LogP contribution in [-0.2, 0) is 51.5 Å². The fourth-order valence-electron chi connectivity index (χ4n) is 10.7. The Bertz CT molecular complexity index is 5170. The Morgan fingerprint density at radius 2 is 0.845 bits per heavy atom. The predicted molar refractivity (Wildman–Crippen MR) is 399 cm³/mol. The van der Waals surface area contributed by atoms with Crippen LogP contribution in [-0.4, -0.2) is 97.1 Å². The van der Waals surface area contributed by atoms with Crippen molar-refractivity contribution in [3.63, 3.8) is 0 Å². The number of ether oxygens (including phenoxy) is 2. The molecule has 8 aromatic heterocycles. The molecule has 518 valence electrons. The topological polar surface area (TPSA) is 315 Å². The van der Waals surface area contributed by atoms with E-state index in [2.05, 4.69) is 93.1 Å². The number of nitrogens with zero attached hydrogens (tertiary/aromatic N) is 4. The van der Waals surface area contributed by atoms with Gasteiger partial charge in [0, 0.05) is 54.6 Å². The summed E-state index contributed by atoms with van der Waals surface area (Å²) >= 11 is 10.9. The number of nitrogens with two attached hydrogens (primary N) is 1. The van der Waals surface area contributed by atoms with Gasteiger partial charge in [0.1, 0.15) is 30.2 Å². The summed E-state index contributed by atoms with van der Waals surface area (Å²) in [6.45, 7) is 6.07. The zero-order valence-electron chi connectivity index (χ0n) is 56.1. The number of aryl methyl sites for hydroxylation is 3. The number of rotatable bonds is 21. The van der Waals surface area contributed by atoms with E-state index in [1.165, 1.54) is 63.0 Å². The van der Waals surface area contributed by atoms with Gasteiger partial charge in [-0.15, -0.1) is 45.3 Å². The van der Waals surface area contributed by atoms with Gasteiger partial charge < -0.3 is 51.3 Å². The van der Waals surface area contributed by atoms with Crippen LogP contribution >= 0.6 is 56.9 Å². The van der Waals surface area contributed by atoms with Gasteiger partial charge in [0.15, 0.2) is 0 Å². The van der Waals surface area contributed by atoms with Gasteiger partial charge in [-0.25, -0.2) is 14.4 Å². The van der Waals surface area contributed by atoms with Gasteiger partial charge in [-0.2, -0.15) is 0 Å². The van der Waals surface area contributed by atoms with Gasteiger partial charge >= 0.3 is 42.9 Å². The number of aromatic nitrogens is 4. The first-order valence-corrected chi connectivity index (χ1v) is 35.7. The number of aromatic carboxylic acids is 2. The van der Waals surface area contributed by atoms with Gasteiger partial charge in [-0.05, 0) is 112 Å². The third-order valence-electron chi connectivity index (χ3n) is 15.8. The Kier molecular flexibility index (Phi) is 27.5. The normalized spacial score (nSPS) is 11.3. The number of pyridine rings is 4. The molecule has 0 spiro atoms. The first-order valence-electron chi connectivity index (χ1n) is 32.0. The van der Waals surface area contributed by atoms with Crippen LogP contribution in [0.1, 0.15) is 87.3 Å².